The lowest BCUT2D eigenvalue weighted by Crippen LogP contribution is -1.86. The molecule has 0 aromatic heterocycles. The van der Waals surface area contributed by atoms with Crippen molar-refractivity contribution < 1.29 is 13.2 Å². The van der Waals surface area contributed by atoms with E-state index in [0.717, 1.165) is 6.07 Å². The first-order valence-electron chi connectivity index (χ1n) is 5.13. The molecule has 0 aliphatic carbocycles. The van der Waals surface area contributed by atoms with Crippen LogP contribution in [0.1, 0.15) is 0 Å². The highest BCUT2D eigenvalue weighted by molar-refractivity contribution is 6.07. The Morgan fingerprint density at radius 2 is 1.29 bits per heavy atom. The summed E-state index contributed by atoms with van der Waals surface area (Å²) in [6.07, 6.45) is 0. The number of halogens is 3. The summed E-state index contributed by atoms with van der Waals surface area (Å²) in [5, 5.41) is 1.56. The summed E-state index contributed by atoms with van der Waals surface area (Å²) in [5.74, 6) is -1.69. The highest BCUT2D eigenvalue weighted by atomic mass is 19.1. The molecule has 0 nitrogen and oxygen atoms in total. The fourth-order valence-corrected chi connectivity index (χ4v) is 2.08. The molecule has 3 aromatic carbocycles. The van der Waals surface area contributed by atoms with Crippen molar-refractivity contribution in [3.05, 3.63) is 59.9 Å². The van der Waals surface area contributed by atoms with Crippen LogP contribution in [0.5, 0.6) is 0 Å². The van der Waals surface area contributed by atoms with E-state index < -0.39 is 17.5 Å². The lowest BCUT2D eigenvalue weighted by molar-refractivity contribution is 0.592. The van der Waals surface area contributed by atoms with Gasteiger partial charge < -0.3 is 0 Å². The summed E-state index contributed by atoms with van der Waals surface area (Å²) in [4.78, 5) is 0. The molecule has 0 aliphatic heterocycles. The highest BCUT2D eigenvalue weighted by Crippen LogP contribution is 2.29. The van der Waals surface area contributed by atoms with Crippen molar-refractivity contribution in [2.75, 3.05) is 0 Å². The highest BCUT2D eigenvalue weighted by Gasteiger charge is 2.09. The van der Waals surface area contributed by atoms with Crippen molar-refractivity contribution in [2.24, 2.45) is 0 Å². The number of rotatable bonds is 0. The maximum Gasteiger partial charge on any atom is 0.133 e. The number of hydrogen-bond acceptors (Lipinski definition) is 0. The molecule has 0 amide bonds. The Balaban J connectivity index is 2.60. The molecule has 0 spiro atoms. The first-order valence-corrected chi connectivity index (χ1v) is 5.13. The monoisotopic (exact) mass is 232 g/mol. The molecule has 84 valence electrons. The third kappa shape index (κ3) is 1.46. The fourth-order valence-electron chi connectivity index (χ4n) is 2.08. The summed E-state index contributed by atoms with van der Waals surface area (Å²) < 4.78 is 40.3. The van der Waals surface area contributed by atoms with E-state index in [4.69, 9.17) is 0 Å². The van der Waals surface area contributed by atoms with Gasteiger partial charge in [0, 0.05) is 16.8 Å². The predicted octanol–water partition coefficient (Wildman–Crippen LogP) is 4.41. The Morgan fingerprint density at radius 3 is 2.06 bits per heavy atom. The van der Waals surface area contributed by atoms with Crippen LogP contribution in [0, 0.1) is 17.5 Å². The molecule has 3 aromatic rings. The van der Waals surface area contributed by atoms with Crippen LogP contribution in [0.4, 0.5) is 13.2 Å². The van der Waals surface area contributed by atoms with Crippen molar-refractivity contribution >= 4 is 21.5 Å². The molecule has 0 aliphatic rings. The van der Waals surface area contributed by atoms with Crippen molar-refractivity contribution in [3.8, 4) is 0 Å². The van der Waals surface area contributed by atoms with Gasteiger partial charge in [0.15, 0.2) is 0 Å². The summed E-state index contributed by atoms with van der Waals surface area (Å²) >= 11 is 0. The smallest absolute Gasteiger partial charge is 0.133 e. The summed E-state index contributed by atoms with van der Waals surface area (Å²) in [6.45, 7) is 0. The van der Waals surface area contributed by atoms with Crippen molar-refractivity contribution in [1.29, 1.82) is 0 Å². The maximum absolute atomic E-state index is 13.5. The molecular formula is C14H7F3. The molecule has 0 saturated carbocycles. The largest absolute Gasteiger partial charge is 0.207 e. The van der Waals surface area contributed by atoms with Gasteiger partial charge in [0.1, 0.15) is 17.5 Å². The van der Waals surface area contributed by atoms with E-state index in [1.165, 1.54) is 30.3 Å². The van der Waals surface area contributed by atoms with E-state index in [0.29, 0.717) is 21.5 Å². The van der Waals surface area contributed by atoms with Gasteiger partial charge in [-0.2, -0.15) is 0 Å². The van der Waals surface area contributed by atoms with Gasteiger partial charge in [-0.15, -0.1) is 0 Å². The number of fused-ring (bicyclic) bond motifs is 3. The quantitative estimate of drug-likeness (QED) is 0.503. The lowest BCUT2D eigenvalue weighted by atomic mass is 10.0. The van der Waals surface area contributed by atoms with Crippen LogP contribution in [-0.2, 0) is 0 Å². The molecule has 3 heteroatoms. The topological polar surface area (TPSA) is 0 Å². The van der Waals surface area contributed by atoms with E-state index in [-0.39, 0.29) is 0 Å². The van der Waals surface area contributed by atoms with E-state index in [9.17, 15) is 13.2 Å². The van der Waals surface area contributed by atoms with E-state index in [1.807, 2.05) is 0 Å². The summed E-state index contributed by atoms with van der Waals surface area (Å²) in [7, 11) is 0. The van der Waals surface area contributed by atoms with Gasteiger partial charge in [0.2, 0.25) is 0 Å². The minimum Gasteiger partial charge on any atom is -0.207 e. The second-order valence-electron chi connectivity index (χ2n) is 3.88. The maximum atomic E-state index is 13.5. The Labute approximate surface area is 95.3 Å². The molecule has 17 heavy (non-hydrogen) atoms. The molecule has 0 fully saturated rings. The van der Waals surface area contributed by atoms with Gasteiger partial charge in [-0.25, -0.2) is 13.2 Å². The number of benzene rings is 3. The van der Waals surface area contributed by atoms with Crippen LogP contribution in [0.2, 0.25) is 0 Å². The molecule has 0 atom stereocenters. The molecule has 0 bridgehead atoms. The second kappa shape index (κ2) is 3.48. The molecule has 3 rings (SSSR count). The Hall–Kier alpha value is -2.03. The molecule has 0 heterocycles. The molecule has 0 radical (unpaired) electrons. The average Bonchev–Trinajstić information content (AvgIpc) is 2.29. The van der Waals surface area contributed by atoms with Crippen LogP contribution in [0.25, 0.3) is 21.5 Å². The van der Waals surface area contributed by atoms with Gasteiger partial charge in [0.05, 0.1) is 0 Å². The zero-order valence-electron chi connectivity index (χ0n) is 8.68. The van der Waals surface area contributed by atoms with Crippen LogP contribution in [0.15, 0.2) is 42.5 Å². The fraction of sp³-hybridized carbons (Fsp3) is 0. The normalized spacial score (nSPS) is 11.2. The Morgan fingerprint density at radius 1 is 0.588 bits per heavy atom. The van der Waals surface area contributed by atoms with Gasteiger partial charge in [-0.05, 0) is 22.9 Å². The van der Waals surface area contributed by atoms with Crippen LogP contribution >= 0.6 is 0 Å². The molecule has 0 saturated heterocycles. The molecule has 0 unspecified atom stereocenters. The first-order chi connectivity index (χ1) is 8.16. The van der Waals surface area contributed by atoms with Crippen molar-refractivity contribution in [3.63, 3.8) is 0 Å². The third-order valence-electron chi connectivity index (χ3n) is 2.85. The van der Waals surface area contributed by atoms with Crippen molar-refractivity contribution in [1.82, 2.24) is 0 Å². The van der Waals surface area contributed by atoms with Crippen LogP contribution in [-0.4, -0.2) is 0 Å². The lowest BCUT2D eigenvalue weighted by Gasteiger charge is -2.05. The van der Waals surface area contributed by atoms with Crippen molar-refractivity contribution in [2.45, 2.75) is 0 Å². The van der Waals surface area contributed by atoms with Crippen LogP contribution in [0.3, 0.4) is 0 Å². The van der Waals surface area contributed by atoms with E-state index >= 15 is 0 Å². The minimum absolute atomic E-state index is 0.296. The van der Waals surface area contributed by atoms with Gasteiger partial charge in [-0.1, -0.05) is 24.3 Å². The Bertz CT molecular complexity index is 732. The zero-order valence-corrected chi connectivity index (χ0v) is 8.68. The standard InChI is InChI=1S/C14H7F3/c15-8-6-12-9-2-1-3-13(16)10(9)4-5-11(12)14(17)7-8/h1-7H. The van der Waals surface area contributed by atoms with Crippen LogP contribution < -0.4 is 0 Å². The summed E-state index contributed by atoms with van der Waals surface area (Å²) in [6, 6.07) is 9.53. The SMILES string of the molecule is Fc1cc(F)c2ccc3c(F)cccc3c2c1. The molecular weight excluding hydrogens is 225 g/mol. The predicted molar refractivity (Wildman–Crippen MR) is 61.3 cm³/mol. The second-order valence-corrected chi connectivity index (χ2v) is 3.88. The van der Waals surface area contributed by atoms with E-state index in [2.05, 4.69) is 0 Å². The molecule has 0 N–H and O–H groups in total. The van der Waals surface area contributed by atoms with E-state index in [1.54, 1.807) is 6.07 Å². The minimum atomic E-state index is -0.660. The Kier molecular flexibility index (Phi) is 2.08. The number of hydrogen-bond donors (Lipinski definition) is 0. The van der Waals surface area contributed by atoms with Gasteiger partial charge in [0.25, 0.3) is 0 Å². The first kappa shape index (κ1) is 10.1. The summed E-state index contributed by atoms with van der Waals surface area (Å²) in [5.41, 5.74) is 0. The zero-order chi connectivity index (χ0) is 12.0. The van der Waals surface area contributed by atoms with Gasteiger partial charge in [-0.3, -0.25) is 0 Å². The average molecular weight is 232 g/mol. The van der Waals surface area contributed by atoms with Gasteiger partial charge >= 0.3 is 0 Å². The third-order valence-corrected chi connectivity index (χ3v) is 2.85.